The van der Waals surface area contributed by atoms with E-state index in [1.807, 2.05) is 68.4 Å². The van der Waals surface area contributed by atoms with E-state index in [0.717, 1.165) is 32.5 Å². The predicted molar refractivity (Wildman–Crippen MR) is 185 cm³/mol. The van der Waals surface area contributed by atoms with Crippen molar-refractivity contribution in [3.05, 3.63) is 117 Å². The number of nitrogens with zero attached hydrogens (tertiary/aromatic N) is 2. The molecule has 0 spiro atoms. The van der Waals surface area contributed by atoms with Crippen molar-refractivity contribution in [3.63, 3.8) is 0 Å². The maximum absolute atomic E-state index is 13.4. The minimum Gasteiger partial charge on any atom is -0.497 e. The van der Waals surface area contributed by atoms with Crippen molar-refractivity contribution in [2.75, 3.05) is 19.0 Å². The molecule has 9 nitrogen and oxygen atoms in total. The molecule has 2 N–H and O–H groups in total. The molecule has 232 valence electrons. The molecule has 0 aliphatic rings. The minimum absolute atomic E-state index is 0.207. The third kappa shape index (κ3) is 5.82. The van der Waals surface area contributed by atoms with Crippen LogP contribution in [0.2, 0.25) is 0 Å². The van der Waals surface area contributed by atoms with E-state index in [0.29, 0.717) is 49.5 Å². The van der Waals surface area contributed by atoms with E-state index < -0.39 is 18.5 Å². The van der Waals surface area contributed by atoms with Gasteiger partial charge in [-0.3, -0.25) is 9.59 Å². The lowest BCUT2D eigenvalue weighted by molar-refractivity contribution is -0.119. The molecule has 10 heteroatoms. The number of esters is 1. The molecule has 0 aliphatic heterocycles. The van der Waals surface area contributed by atoms with Gasteiger partial charge in [-0.25, -0.2) is 14.8 Å². The van der Waals surface area contributed by atoms with E-state index in [9.17, 15) is 14.4 Å². The molecule has 0 atom stereocenters. The summed E-state index contributed by atoms with van der Waals surface area (Å²) in [5.41, 5.74) is 4.19. The third-order valence-corrected chi connectivity index (χ3v) is 9.17. The number of carbonyl (C=O) groups excluding carboxylic acids is 2. The second-order valence-corrected chi connectivity index (χ2v) is 12.3. The second-order valence-electron chi connectivity index (χ2n) is 11.1. The highest BCUT2D eigenvalue weighted by Crippen LogP contribution is 2.30. The number of aromatic amines is 1. The van der Waals surface area contributed by atoms with E-state index in [1.165, 1.54) is 11.3 Å². The molecule has 1 amide bonds. The van der Waals surface area contributed by atoms with Crippen LogP contribution in [0, 0.1) is 13.8 Å². The topological polar surface area (TPSA) is 123 Å². The number of aryl methyl sites for hydroxylation is 2. The molecule has 0 aliphatic carbocycles. The highest BCUT2D eigenvalue weighted by Gasteiger charge is 2.18. The van der Waals surface area contributed by atoms with E-state index in [-0.39, 0.29) is 5.56 Å². The van der Waals surface area contributed by atoms with E-state index in [1.54, 1.807) is 43.5 Å². The SMILES string of the molecule is COc1ccc2cc(-c3cc(C(=O)OCC(=O)Nc4cccc(-c5nc6sc(C)c(C)c6c(=O)[nH]5)c4)c4ccccc4n3)ccc2c1. The lowest BCUT2D eigenvalue weighted by Gasteiger charge is -2.11. The number of fused-ring (bicyclic) bond motifs is 3. The molecule has 0 radical (unpaired) electrons. The van der Waals surface area contributed by atoms with Gasteiger partial charge in [0.15, 0.2) is 6.61 Å². The average molecular weight is 641 g/mol. The lowest BCUT2D eigenvalue weighted by atomic mass is 10.0. The highest BCUT2D eigenvalue weighted by molar-refractivity contribution is 7.18. The number of pyridine rings is 1. The van der Waals surface area contributed by atoms with Crippen molar-refractivity contribution in [2.45, 2.75) is 13.8 Å². The first kappa shape index (κ1) is 29.8. The first-order chi connectivity index (χ1) is 22.8. The normalized spacial score (nSPS) is 11.2. The zero-order valence-corrected chi connectivity index (χ0v) is 26.5. The number of benzene rings is 4. The summed E-state index contributed by atoms with van der Waals surface area (Å²) in [4.78, 5) is 53.1. The fourth-order valence-electron chi connectivity index (χ4n) is 5.54. The van der Waals surface area contributed by atoms with Gasteiger partial charge >= 0.3 is 5.97 Å². The van der Waals surface area contributed by atoms with Gasteiger partial charge in [0, 0.05) is 27.1 Å². The summed E-state index contributed by atoms with van der Waals surface area (Å²) in [6.07, 6.45) is 0. The van der Waals surface area contributed by atoms with Crippen LogP contribution in [-0.2, 0) is 9.53 Å². The van der Waals surface area contributed by atoms with Crippen molar-refractivity contribution in [3.8, 4) is 28.4 Å². The molecule has 3 heterocycles. The van der Waals surface area contributed by atoms with E-state index in [2.05, 4.69) is 15.3 Å². The molecule has 0 saturated carbocycles. The summed E-state index contributed by atoms with van der Waals surface area (Å²) >= 11 is 1.47. The molecule has 47 heavy (non-hydrogen) atoms. The number of aromatic nitrogens is 3. The maximum atomic E-state index is 13.4. The molecule has 0 saturated heterocycles. The molecule has 7 rings (SSSR count). The smallest absolute Gasteiger partial charge is 0.339 e. The van der Waals surface area contributed by atoms with Crippen molar-refractivity contribution >= 4 is 60.8 Å². The van der Waals surface area contributed by atoms with Crippen molar-refractivity contribution in [1.82, 2.24) is 15.0 Å². The summed E-state index contributed by atoms with van der Waals surface area (Å²) in [6.45, 7) is 3.37. The van der Waals surface area contributed by atoms with Crippen LogP contribution < -0.4 is 15.6 Å². The maximum Gasteiger partial charge on any atom is 0.339 e. The van der Waals surface area contributed by atoms with Crippen molar-refractivity contribution in [1.29, 1.82) is 0 Å². The average Bonchev–Trinajstić information content (AvgIpc) is 3.39. The van der Waals surface area contributed by atoms with Gasteiger partial charge in [-0.15, -0.1) is 11.3 Å². The Kier molecular flexibility index (Phi) is 7.71. The number of para-hydroxylation sites is 1. The second kappa shape index (κ2) is 12.1. The molecule has 7 aromatic rings. The minimum atomic E-state index is -0.643. The standard InChI is InChI=1S/C37H28N4O5S/c1-20-21(2)47-36-33(20)35(43)40-34(41-36)25-7-6-8-26(16-25)38-32(42)19-46-37(44)29-18-31(39-30-10-5-4-9-28(29)30)24-12-11-23-17-27(45-3)14-13-22(23)15-24/h4-18H,19H2,1-3H3,(H,38,42)(H,40,41,43). The fraction of sp³-hybridized carbons (Fsp3) is 0.108. The summed E-state index contributed by atoms with van der Waals surface area (Å²) < 4.78 is 10.8. The monoisotopic (exact) mass is 640 g/mol. The number of ether oxygens (including phenoxy) is 2. The first-order valence-corrected chi connectivity index (χ1v) is 15.6. The van der Waals surface area contributed by atoms with E-state index in [4.69, 9.17) is 14.5 Å². The van der Waals surface area contributed by atoms with Crippen molar-refractivity contribution < 1.29 is 19.1 Å². The Balaban J connectivity index is 1.10. The molecule has 0 unspecified atom stereocenters. The fourth-order valence-corrected chi connectivity index (χ4v) is 6.57. The van der Waals surface area contributed by atoms with Crippen molar-refractivity contribution in [2.24, 2.45) is 0 Å². The molecular weight excluding hydrogens is 612 g/mol. The molecule has 0 bridgehead atoms. The van der Waals surface area contributed by atoms with Gasteiger partial charge in [-0.2, -0.15) is 0 Å². The quantitative estimate of drug-likeness (QED) is 0.174. The number of hydrogen-bond acceptors (Lipinski definition) is 8. The number of H-pyrrole nitrogens is 1. The van der Waals surface area contributed by atoms with Gasteiger partial charge in [0.1, 0.15) is 16.4 Å². The summed E-state index contributed by atoms with van der Waals surface area (Å²) in [6, 6.07) is 27.7. The Labute approximate surface area is 272 Å². The van der Waals surface area contributed by atoms with Gasteiger partial charge in [-0.05, 0) is 72.6 Å². The van der Waals surface area contributed by atoms with Gasteiger partial charge < -0.3 is 19.8 Å². The Morgan fingerprint density at radius 3 is 2.53 bits per heavy atom. The number of hydrogen-bond donors (Lipinski definition) is 2. The Hall–Kier alpha value is -5.87. The van der Waals surface area contributed by atoms with Crippen LogP contribution in [-0.4, -0.2) is 40.5 Å². The Morgan fingerprint density at radius 1 is 0.872 bits per heavy atom. The van der Waals surface area contributed by atoms with Gasteiger partial charge in [0.2, 0.25) is 0 Å². The van der Waals surface area contributed by atoms with Crippen LogP contribution in [0.1, 0.15) is 20.8 Å². The van der Waals surface area contributed by atoms with Gasteiger partial charge in [0.05, 0.1) is 29.3 Å². The van der Waals surface area contributed by atoms with Crippen LogP contribution in [0.4, 0.5) is 5.69 Å². The zero-order chi connectivity index (χ0) is 32.7. The van der Waals surface area contributed by atoms with Crippen LogP contribution >= 0.6 is 11.3 Å². The third-order valence-electron chi connectivity index (χ3n) is 8.07. The number of carbonyl (C=O) groups is 2. The number of rotatable bonds is 7. The summed E-state index contributed by atoms with van der Waals surface area (Å²) in [5, 5.41) is 6.00. The van der Waals surface area contributed by atoms with Crippen LogP contribution in [0.5, 0.6) is 5.75 Å². The Bertz CT molecular complexity index is 2430. The lowest BCUT2D eigenvalue weighted by Crippen LogP contribution is -2.21. The summed E-state index contributed by atoms with van der Waals surface area (Å²) in [7, 11) is 1.63. The number of anilines is 1. The number of thiophene rings is 1. The first-order valence-electron chi connectivity index (χ1n) is 14.8. The highest BCUT2D eigenvalue weighted by atomic mass is 32.1. The summed E-state index contributed by atoms with van der Waals surface area (Å²) in [5.74, 6) is 0.0134. The number of methoxy groups -OCH3 is 1. The molecule has 4 aromatic carbocycles. The van der Waals surface area contributed by atoms with Crippen LogP contribution in [0.15, 0.2) is 95.8 Å². The van der Waals surface area contributed by atoms with Crippen LogP contribution in [0.3, 0.4) is 0 Å². The van der Waals surface area contributed by atoms with Gasteiger partial charge in [0.25, 0.3) is 11.5 Å². The predicted octanol–water partition coefficient (Wildman–Crippen LogP) is 7.44. The molecule has 0 fully saturated rings. The van der Waals surface area contributed by atoms with Gasteiger partial charge in [-0.1, -0.05) is 48.5 Å². The largest absolute Gasteiger partial charge is 0.497 e. The van der Waals surface area contributed by atoms with E-state index >= 15 is 0 Å². The number of nitrogens with one attached hydrogen (secondary N) is 2. The Morgan fingerprint density at radius 2 is 1.68 bits per heavy atom. The molecule has 3 aromatic heterocycles. The molecular formula is C37H28N4O5S. The zero-order valence-electron chi connectivity index (χ0n) is 25.7. The van der Waals surface area contributed by atoms with Crippen LogP contribution in [0.25, 0.3) is 54.5 Å². The number of amides is 1.